The average Bonchev–Trinajstić information content (AvgIpc) is 3.51. The third-order valence-electron chi connectivity index (χ3n) is 5.86. The van der Waals surface area contributed by atoms with E-state index in [0.717, 1.165) is 33.5 Å². The molecule has 0 saturated heterocycles. The maximum Gasteiger partial charge on any atom is 0.419 e. The van der Waals surface area contributed by atoms with Crippen molar-refractivity contribution in [3.63, 3.8) is 0 Å². The molecular formula is C27H29N7O2. The van der Waals surface area contributed by atoms with Crippen LogP contribution < -0.4 is 5.32 Å². The Kier molecular flexibility index (Phi) is 5.62. The predicted molar refractivity (Wildman–Crippen MR) is 140 cm³/mol. The number of aromatic nitrogens is 6. The number of aryl methyl sites for hydroxylation is 3. The maximum absolute atomic E-state index is 13.3. The summed E-state index contributed by atoms with van der Waals surface area (Å²) in [6, 6.07) is 9.99. The molecule has 0 aliphatic carbocycles. The van der Waals surface area contributed by atoms with Crippen molar-refractivity contribution >= 4 is 28.5 Å². The number of ether oxygens (including phenoxy) is 1. The van der Waals surface area contributed by atoms with Crippen LogP contribution in [0.5, 0.6) is 0 Å². The first kappa shape index (κ1) is 23.3. The highest BCUT2D eigenvalue weighted by molar-refractivity contribution is 5.97. The van der Waals surface area contributed by atoms with E-state index in [-0.39, 0.29) is 0 Å². The van der Waals surface area contributed by atoms with E-state index in [0.29, 0.717) is 17.0 Å². The van der Waals surface area contributed by atoms with Gasteiger partial charge in [-0.1, -0.05) is 6.07 Å². The number of anilines is 2. The van der Waals surface area contributed by atoms with E-state index in [1.54, 1.807) is 28.0 Å². The molecule has 0 aliphatic rings. The third kappa shape index (κ3) is 4.47. The number of hydrogen-bond donors (Lipinski definition) is 1. The van der Waals surface area contributed by atoms with Crippen LogP contribution in [0, 0.1) is 6.92 Å². The van der Waals surface area contributed by atoms with Crippen molar-refractivity contribution in [2.45, 2.75) is 33.3 Å². The second kappa shape index (κ2) is 8.67. The largest absolute Gasteiger partial charge is 0.443 e. The lowest BCUT2D eigenvalue weighted by Gasteiger charge is -2.21. The summed E-state index contributed by atoms with van der Waals surface area (Å²) in [6.45, 7) is 7.61. The molecule has 0 radical (unpaired) electrons. The second-order valence-corrected chi connectivity index (χ2v) is 9.92. The van der Waals surface area contributed by atoms with E-state index in [1.807, 2.05) is 77.0 Å². The van der Waals surface area contributed by atoms with Gasteiger partial charge < -0.3 is 14.6 Å². The minimum atomic E-state index is -0.638. The van der Waals surface area contributed by atoms with Crippen LogP contribution in [0.4, 0.5) is 16.3 Å². The minimum absolute atomic E-state index is 0.454. The Bertz CT molecular complexity index is 1580. The van der Waals surface area contributed by atoms with Crippen LogP contribution in [0.2, 0.25) is 0 Å². The van der Waals surface area contributed by atoms with Gasteiger partial charge in [0.15, 0.2) is 0 Å². The number of nitrogens with one attached hydrogen (secondary N) is 1. The molecule has 1 N–H and O–H groups in total. The van der Waals surface area contributed by atoms with Crippen LogP contribution in [0.3, 0.4) is 0 Å². The van der Waals surface area contributed by atoms with Gasteiger partial charge in [0.1, 0.15) is 11.4 Å². The van der Waals surface area contributed by atoms with Crippen molar-refractivity contribution in [2.75, 3.05) is 5.32 Å². The van der Waals surface area contributed by atoms with Crippen LogP contribution in [-0.4, -0.2) is 40.6 Å². The van der Waals surface area contributed by atoms with Crippen molar-refractivity contribution in [3.8, 4) is 22.5 Å². The molecule has 0 aliphatic heterocycles. The summed E-state index contributed by atoms with van der Waals surface area (Å²) in [5, 5.41) is 8.50. The number of fused-ring (bicyclic) bond motifs is 1. The molecule has 1 aromatic carbocycles. The lowest BCUT2D eigenvalue weighted by molar-refractivity contribution is 0.0547. The summed E-state index contributed by atoms with van der Waals surface area (Å²) < 4.78 is 11.0. The van der Waals surface area contributed by atoms with E-state index in [2.05, 4.69) is 32.5 Å². The smallest absolute Gasteiger partial charge is 0.419 e. The number of pyridine rings is 1. The van der Waals surface area contributed by atoms with Crippen LogP contribution in [0.25, 0.3) is 33.4 Å². The van der Waals surface area contributed by atoms with E-state index >= 15 is 0 Å². The van der Waals surface area contributed by atoms with Gasteiger partial charge in [-0.05, 0) is 51.5 Å². The molecular weight excluding hydrogens is 454 g/mol. The first-order valence-electron chi connectivity index (χ1n) is 11.7. The molecule has 184 valence electrons. The lowest BCUT2D eigenvalue weighted by atomic mass is 10.1. The molecule has 5 aromatic rings. The van der Waals surface area contributed by atoms with Crippen molar-refractivity contribution in [3.05, 3.63) is 67.0 Å². The van der Waals surface area contributed by atoms with Crippen LogP contribution in [0.1, 0.15) is 26.3 Å². The van der Waals surface area contributed by atoms with Crippen LogP contribution in [0.15, 0.2) is 61.4 Å². The number of carbonyl (C=O) groups is 1. The van der Waals surface area contributed by atoms with E-state index < -0.39 is 11.7 Å². The summed E-state index contributed by atoms with van der Waals surface area (Å²) in [6.07, 6.45) is 8.55. The molecule has 9 nitrogen and oxygen atoms in total. The number of hydrogen-bond acceptors (Lipinski definition) is 6. The number of benzene rings is 1. The van der Waals surface area contributed by atoms with Gasteiger partial charge in [0, 0.05) is 54.8 Å². The molecule has 0 unspecified atom stereocenters. The maximum atomic E-state index is 13.3. The highest BCUT2D eigenvalue weighted by atomic mass is 16.6. The SMILES string of the molecule is Cc1cc(-c2cncn2C)ccc1Nc1cc2c(cn1)cc(-c1cnn(C)c1)n2C(=O)OC(C)(C)C. The van der Waals surface area contributed by atoms with Gasteiger partial charge >= 0.3 is 6.09 Å². The molecule has 36 heavy (non-hydrogen) atoms. The molecule has 4 aromatic heterocycles. The number of imidazole rings is 1. The Balaban J connectivity index is 1.54. The van der Waals surface area contributed by atoms with Crippen molar-refractivity contribution in [2.24, 2.45) is 14.1 Å². The van der Waals surface area contributed by atoms with Gasteiger partial charge in [0.25, 0.3) is 0 Å². The fraction of sp³-hybridized carbons (Fsp3) is 0.259. The Morgan fingerprint density at radius 3 is 2.44 bits per heavy atom. The highest BCUT2D eigenvalue weighted by Crippen LogP contribution is 2.32. The number of nitrogens with zero attached hydrogens (tertiary/aromatic N) is 6. The molecule has 4 heterocycles. The minimum Gasteiger partial charge on any atom is -0.443 e. The zero-order valence-corrected chi connectivity index (χ0v) is 21.3. The highest BCUT2D eigenvalue weighted by Gasteiger charge is 2.24. The number of rotatable bonds is 4. The fourth-order valence-corrected chi connectivity index (χ4v) is 4.18. The van der Waals surface area contributed by atoms with Crippen molar-refractivity contribution in [1.29, 1.82) is 0 Å². The van der Waals surface area contributed by atoms with E-state index in [9.17, 15) is 4.79 Å². The second-order valence-electron chi connectivity index (χ2n) is 9.92. The van der Waals surface area contributed by atoms with Crippen molar-refractivity contribution < 1.29 is 9.53 Å². The summed E-state index contributed by atoms with van der Waals surface area (Å²) >= 11 is 0. The van der Waals surface area contributed by atoms with Gasteiger partial charge in [0.05, 0.1) is 35.6 Å². The van der Waals surface area contributed by atoms with Crippen LogP contribution >= 0.6 is 0 Å². The lowest BCUT2D eigenvalue weighted by Crippen LogP contribution is -2.27. The molecule has 0 spiro atoms. The average molecular weight is 484 g/mol. The summed E-state index contributed by atoms with van der Waals surface area (Å²) in [7, 11) is 3.82. The summed E-state index contributed by atoms with van der Waals surface area (Å²) in [5.74, 6) is 0.625. The normalized spacial score (nSPS) is 11.7. The standard InChI is InChI=1S/C27H29N7O2/c1-17-9-18(24-14-28-16-32(24)5)7-8-21(17)31-25-11-23-19(12-29-25)10-22(20-13-30-33(6)15-20)34(23)26(35)36-27(2,3)4/h7-16H,1-6H3,(H,29,31). The Labute approximate surface area is 209 Å². The zero-order chi connectivity index (χ0) is 25.6. The quantitative estimate of drug-likeness (QED) is 0.354. The molecule has 0 atom stereocenters. The number of carbonyl (C=O) groups excluding carboxylic acids is 1. The van der Waals surface area contributed by atoms with Gasteiger partial charge in [-0.3, -0.25) is 4.68 Å². The Morgan fingerprint density at radius 1 is 1.00 bits per heavy atom. The zero-order valence-electron chi connectivity index (χ0n) is 21.3. The summed E-state index contributed by atoms with van der Waals surface area (Å²) in [4.78, 5) is 22.1. The van der Waals surface area contributed by atoms with Gasteiger partial charge in [0.2, 0.25) is 0 Å². The first-order valence-corrected chi connectivity index (χ1v) is 11.7. The van der Waals surface area contributed by atoms with Crippen LogP contribution in [-0.2, 0) is 18.8 Å². The fourth-order valence-electron chi connectivity index (χ4n) is 4.18. The molecule has 0 fully saturated rings. The third-order valence-corrected chi connectivity index (χ3v) is 5.86. The topological polar surface area (TPSA) is 91.8 Å². The molecule has 0 bridgehead atoms. The molecule has 0 saturated carbocycles. The summed E-state index contributed by atoms with van der Waals surface area (Å²) in [5.41, 5.74) is 5.69. The monoisotopic (exact) mass is 483 g/mol. The van der Waals surface area contributed by atoms with Gasteiger partial charge in [-0.2, -0.15) is 5.10 Å². The molecule has 9 heteroatoms. The van der Waals surface area contributed by atoms with E-state index in [1.165, 1.54) is 0 Å². The van der Waals surface area contributed by atoms with Gasteiger partial charge in [-0.25, -0.2) is 19.3 Å². The Hall–Kier alpha value is -4.40. The van der Waals surface area contributed by atoms with Gasteiger partial charge in [-0.15, -0.1) is 0 Å². The first-order chi connectivity index (χ1) is 17.1. The Morgan fingerprint density at radius 2 is 1.81 bits per heavy atom. The molecule has 5 rings (SSSR count). The molecule has 0 amide bonds. The van der Waals surface area contributed by atoms with Crippen molar-refractivity contribution in [1.82, 2.24) is 28.9 Å². The van der Waals surface area contributed by atoms with E-state index in [4.69, 9.17) is 4.74 Å². The predicted octanol–water partition coefficient (Wildman–Crippen LogP) is 5.67.